The summed E-state index contributed by atoms with van der Waals surface area (Å²) in [6.07, 6.45) is 2.56. The Balaban J connectivity index is 2.07. The van der Waals surface area contributed by atoms with Gasteiger partial charge in [0.2, 0.25) is 0 Å². The van der Waals surface area contributed by atoms with E-state index >= 15 is 0 Å². The van der Waals surface area contributed by atoms with Gasteiger partial charge in [-0.15, -0.1) is 0 Å². The highest BCUT2D eigenvalue weighted by atomic mass is 79.9. The summed E-state index contributed by atoms with van der Waals surface area (Å²) in [5, 5.41) is 6.18. The summed E-state index contributed by atoms with van der Waals surface area (Å²) < 4.78 is 0.992. The molecule has 0 saturated carbocycles. The molecule has 0 aliphatic rings. The van der Waals surface area contributed by atoms with Crippen molar-refractivity contribution in [2.45, 2.75) is 33.2 Å². The van der Waals surface area contributed by atoms with E-state index in [9.17, 15) is 4.79 Å². The lowest BCUT2D eigenvalue weighted by atomic mass is 10.2. The summed E-state index contributed by atoms with van der Waals surface area (Å²) in [4.78, 5) is 16.2. The number of halogens is 1. The van der Waals surface area contributed by atoms with Crippen LogP contribution in [0.5, 0.6) is 0 Å². The van der Waals surface area contributed by atoms with Gasteiger partial charge in [-0.2, -0.15) is 0 Å². The third-order valence-electron chi connectivity index (χ3n) is 3.39. The van der Waals surface area contributed by atoms with Crippen molar-refractivity contribution >= 4 is 33.2 Å². The minimum Gasteiger partial charge on any atom is -0.353 e. The van der Waals surface area contributed by atoms with E-state index in [1.54, 1.807) is 12.3 Å². The first-order valence-electron chi connectivity index (χ1n) is 7.29. The van der Waals surface area contributed by atoms with Gasteiger partial charge in [0.15, 0.2) is 0 Å². The fourth-order valence-corrected chi connectivity index (χ4v) is 2.47. The molecule has 1 atom stereocenters. The largest absolute Gasteiger partial charge is 0.353 e. The van der Waals surface area contributed by atoms with Crippen LogP contribution in [-0.2, 0) is 0 Å². The summed E-state index contributed by atoms with van der Waals surface area (Å²) in [5.41, 5.74) is 3.41. The molecule has 0 fully saturated rings. The fraction of sp³-hybridized carbons (Fsp3) is 0.294. The second-order valence-electron chi connectivity index (χ2n) is 5.32. The van der Waals surface area contributed by atoms with Gasteiger partial charge >= 0.3 is 0 Å². The SMILES string of the molecule is CCC(C)NC(=O)c1ccc(Nc2ccc(C)cc2Br)cn1. The maximum atomic E-state index is 12.0. The number of pyridine rings is 1. The molecule has 1 aromatic carbocycles. The highest BCUT2D eigenvalue weighted by Crippen LogP contribution is 2.26. The van der Waals surface area contributed by atoms with Crippen LogP contribution in [0.15, 0.2) is 41.0 Å². The topological polar surface area (TPSA) is 54.0 Å². The second-order valence-corrected chi connectivity index (χ2v) is 6.18. The molecule has 2 N–H and O–H groups in total. The lowest BCUT2D eigenvalue weighted by Gasteiger charge is -2.12. The molecule has 0 saturated heterocycles. The number of carbonyl (C=O) groups excluding carboxylic acids is 1. The maximum Gasteiger partial charge on any atom is 0.270 e. The number of aryl methyl sites for hydroxylation is 1. The molecule has 0 aliphatic carbocycles. The van der Waals surface area contributed by atoms with E-state index < -0.39 is 0 Å². The van der Waals surface area contributed by atoms with Gasteiger partial charge in [0.05, 0.1) is 17.6 Å². The predicted octanol–water partition coefficient (Wildman–Crippen LogP) is 4.42. The summed E-state index contributed by atoms with van der Waals surface area (Å²) in [7, 11) is 0. The Morgan fingerprint density at radius 3 is 2.68 bits per heavy atom. The minimum absolute atomic E-state index is 0.141. The van der Waals surface area contributed by atoms with Gasteiger partial charge in [-0.05, 0) is 66.0 Å². The van der Waals surface area contributed by atoms with Gasteiger partial charge in [0.1, 0.15) is 5.69 Å². The Labute approximate surface area is 139 Å². The van der Waals surface area contributed by atoms with Gasteiger partial charge in [-0.25, -0.2) is 4.98 Å². The second kappa shape index (κ2) is 7.40. The monoisotopic (exact) mass is 361 g/mol. The van der Waals surface area contributed by atoms with E-state index in [1.807, 2.05) is 45.0 Å². The van der Waals surface area contributed by atoms with Gasteiger partial charge in [0, 0.05) is 10.5 Å². The smallest absolute Gasteiger partial charge is 0.270 e. The number of benzene rings is 1. The van der Waals surface area contributed by atoms with Crippen LogP contribution in [0.4, 0.5) is 11.4 Å². The number of carbonyl (C=O) groups is 1. The predicted molar refractivity (Wildman–Crippen MR) is 93.6 cm³/mol. The van der Waals surface area contributed by atoms with Gasteiger partial charge in [0.25, 0.3) is 5.91 Å². The van der Waals surface area contributed by atoms with Crippen molar-refractivity contribution in [2.75, 3.05) is 5.32 Å². The number of anilines is 2. The Kier molecular flexibility index (Phi) is 5.55. The Morgan fingerprint density at radius 1 is 1.32 bits per heavy atom. The molecule has 116 valence electrons. The maximum absolute atomic E-state index is 12.0. The number of hydrogen-bond donors (Lipinski definition) is 2. The van der Waals surface area contributed by atoms with Crippen LogP contribution >= 0.6 is 15.9 Å². The van der Waals surface area contributed by atoms with E-state index in [0.717, 1.165) is 22.3 Å². The summed E-state index contributed by atoms with van der Waals surface area (Å²) >= 11 is 3.53. The van der Waals surface area contributed by atoms with Crippen molar-refractivity contribution in [2.24, 2.45) is 0 Å². The lowest BCUT2D eigenvalue weighted by Crippen LogP contribution is -2.32. The first-order valence-corrected chi connectivity index (χ1v) is 8.09. The number of aromatic nitrogens is 1. The molecule has 0 aliphatic heterocycles. The third-order valence-corrected chi connectivity index (χ3v) is 4.05. The highest BCUT2D eigenvalue weighted by Gasteiger charge is 2.10. The lowest BCUT2D eigenvalue weighted by molar-refractivity contribution is 0.0934. The van der Waals surface area contributed by atoms with Crippen molar-refractivity contribution < 1.29 is 4.79 Å². The first-order chi connectivity index (χ1) is 10.5. The van der Waals surface area contributed by atoms with Crippen molar-refractivity contribution in [1.29, 1.82) is 0 Å². The van der Waals surface area contributed by atoms with Crippen LogP contribution in [0.25, 0.3) is 0 Å². The van der Waals surface area contributed by atoms with Crippen molar-refractivity contribution in [1.82, 2.24) is 10.3 Å². The van der Waals surface area contributed by atoms with Crippen LogP contribution in [0.1, 0.15) is 36.3 Å². The molecule has 0 radical (unpaired) electrons. The number of nitrogens with zero attached hydrogens (tertiary/aromatic N) is 1. The zero-order chi connectivity index (χ0) is 16.1. The number of amides is 1. The first kappa shape index (κ1) is 16.5. The molecule has 1 amide bonds. The molecule has 2 rings (SSSR count). The van der Waals surface area contributed by atoms with Gasteiger partial charge in [-0.3, -0.25) is 4.79 Å². The number of rotatable bonds is 5. The summed E-state index contributed by atoms with van der Waals surface area (Å²) in [5.74, 6) is -0.141. The van der Waals surface area contributed by atoms with Crippen molar-refractivity contribution in [3.05, 3.63) is 52.3 Å². The molecule has 1 unspecified atom stereocenters. The molecular weight excluding hydrogens is 342 g/mol. The van der Waals surface area contributed by atoms with Crippen LogP contribution in [0.3, 0.4) is 0 Å². The van der Waals surface area contributed by atoms with Crippen LogP contribution in [0.2, 0.25) is 0 Å². The van der Waals surface area contributed by atoms with E-state index in [4.69, 9.17) is 0 Å². The van der Waals surface area contributed by atoms with E-state index in [-0.39, 0.29) is 11.9 Å². The molecule has 0 spiro atoms. The van der Waals surface area contributed by atoms with E-state index in [0.29, 0.717) is 5.69 Å². The summed E-state index contributed by atoms with van der Waals surface area (Å²) in [6, 6.07) is 9.81. The Morgan fingerprint density at radius 2 is 2.09 bits per heavy atom. The molecular formula is C17H20BrN3O. The molecule has 5 heteroatoms. The highest BCUT2D eigenvalue weighted by molar-refractivity contribution is 9.10. The molecule has 0 bridgehead atoms. The van der Waals surface area contributed by atoms with Gasteiger partial charge < -0.3 is 10.6 Å². The minimum atomic E-state index is -0.141. The standard InChI is InChI=1S/C17H20BrN3O/c1-4-12(3)20-17(22)16-8-6-13(10-19-16)21-15-7-5-11(2)9-14(15)18/h5-10,12,21H,4H2,1-3H3,(H,20,22). The molecule has 1 heterocycles. The van der Waals surface area contributed by atoms with Crippen molar-refractivity contribution in [3.63, 3.8) is 0 Å². The zero-order valence-electron chi connectivity index (χ0n) is 13.0. The number of nitrogens with one attached hydrogen (secondary N) is 2. The van der Waals surface area contributed by atoms with E-state index in [2.05, 4.69) is 31.5 Å². The summed E-state index contributed by atoms with van der Waals surface area (Å²) in [6.45, 7) is 6.05. The van der Waals surface area contributed by atoms with E-state index in [1.165, 1.54) is 5.56 Å². The fourth-order valence-electron chi connectivity index (χ4n) is 1.88. The normalized spacial score (nSPS) is 11.8. The van der Waals surface area contributed by atoms with Crippen molar-refractivity contribution in [3.8, 4) is 0 Å². The quantitative estimate of drug-likeness (QED) is 0.828. The zero-order valence-corrected chi connectivity index (χ0v) is 14.6. The average molecular weight is 362 g/mol. The molecule has 4 nitrogen and oxygen atoms in total. The van der Waals surface area contributed by atoms with Crippen LogP contribution in [0, 0.1) is 6.92 Å². The average Bonchev–Trinajstić information content (AvgIpc) is 2.50. The molecule has 2 aromatic rings. The molecule has 1 aromatic heterocycles. The van der Waals surface area contributed by atoms with Gasteiger partial charge in [-0.1, -0.05) is 13.0 Å². The van der Waals surface area contributed by atoms with Crippen LogP contribution < -0.4 is 10.6 Å². The Bertz CT molecular complexity index is 655. The third kappa shape index (κ3) is 4.31. The number of hydrogen-bond acceptors (Lipinski definition) is 3. The Hall–Kier alpha value is -1.88. The van der Waals surface area contributed by atoms with Crippen LogP contribution in [-0.4, -0.2) is 16.9 Å². The molecule has 22 heavy (non-hydrogen) atoms.